The normalized spacial score (nSPS) is 10.8. The standard InChI is InChI=1S/C19H15Cl2N3O3S2/c1-9(2)27-17(26)10-3-6-14-15(7-10)29-19(22-14)24-18(28)23-16(25)12-5-4-11(20)8-13(12)21/h3-9H,1-2H3,(H2,22,23,24,25,28). The minimum absolute atomic E-state index is 0.0690. The monoisotopic (exact) mass is 467 g/mol. The fourth-order valence-electron chi connectivity index (χ4n) is 2.36. The Balaban J connectivity index is 1.70. The predicted molar refractivity (Wildman–Crippen MR) is 120 cm³/mol. The lowest BCUT2D eigenvalue weighted by atomic mass is 10.2. The lowest BCUT2D eigenvalue weighted by Crippen LogP contribution is -2.34. The number of nitrogens with one attached hydrogen (secondary N) is 2. The number of ether oxygens (including phenoxy) is 1. The van der Waals surface area contributed by atoms with Crippen molar-refractivity contribution < 1.29 is 14.3 Å². The first-order valence-corrected chi connectivity index (χ1v) is 10.4. The molecule has 0 atom stereocenters. The summed E-state index contributed by atoms with van der Waals surface area (Å²) in [6.07, 6.45) is -0.202. The highest BCUT2D eigenvalue weighted by Crippen LogP contribution is 2.27. The van der Waals surface area contributed by atoms with Gasteiger partial charge in [-0.2, -0.15) is 0 Å². The van der Waals surface area contributed by atoms with Crippen LogP contribution >= 0.6 is 46.8 Å². The number of thiocarbonyl (C=S) groups is 1. The molecule has 1 heterocycles. The average molecular weight is 468 g/mol. The molecule has 0 saturated carbocycles. The van der Waals surface area contributed by atoms with Crippen molar-refractivity contribution in [3.8, 4) is 0 Å². The second kappa shape index (κ2) is 9.04. The van der Waals surface area contributed by atoms with Gasteiger partial charge in [0, 0.05) is 5.02 Å². The first-order chi connectivity index (χ1) is 13.7. The Morgan fingerprint density at radius 2 is 1.93 bits per heavy atom. The molecule has 2 aromatic carbocycles. The molecule has 0 saturated heterocycles. The maximum absolute atomic E-state index is 12.3. The van der Waals surface area contributed by atoms with Crippen LogP contribution in [0.5, 0.6) is 0 Å². The highest BCUT2D eigenvalue weighted by Gasteiger charge is 2.15. The number of carbonyl (C=O) groups excluding carboxylic acids is 2. The number of amides is 1. The summed E-state index contributed by atoms with van der Waals surface area (Å²) in [5, 5.41) is 6.61. The van der Waals surface area contributed by atoms with Gasteiger partial charge in [0.05, 0.1) is 32.5 Å². The number of rotatable bonds is 4. The quantitative estimate of drug-likeness (QED) is 0.400. The van der Waals surface area contributed by atoms with Crippen molar-refractivity contribution in [1.29, 1.82) is 0 Å². The van der Waals surface area contributed by atoms with E-state index in [-0.39, 0.29) is 21.8 Å². The number of carbonyl (C=O) groups is 2. The number of thiazole rings is 1. The minimum Gasteiger partial charge on any atom is -0.459 e. The van der Waals surface area contributed by atoms with Crippen LogP contribution in [0.4, 0.5) is 5.13 Å². The number of esters is 1. The summed E-state index contributed by atoms with van der Waals surface area (Å²) in [7, 11) is 0. The first kappa shape index (κ1) is 21.4. The predicted octanol–water partition coefficient (Wildman–Crippen LogP) is 5.30. The van der Waals surface area contributed by atoms with Crippen LogP contribution in [-0.2, 0) is 4.74 Å². The zero-order valence-electron chi connectivity index (χ0n) is 15.3. The van der Waals surface area contributed by atoms with Gasteiger partial charge in [-0.1, -0.05) is 34.5 Å². The van der Waals surface area contributed by atoms with Crippen molar-refractivity contribution in [3.63, 3.8) is 0 Å². The molecule has 29 heavy (non-hydrogen) atoms. The second-order valence-corrected chi connectivity index (χ2v) is 8.47. The number of hydrogen-bond donors (Lipinski definition) is 2. The summed E-state index contributed by atoms with van der Waals surface area (Å²) < 4.78 is 5.98. The summed E-state index contributed by atoms with van der Waals surface area (Å²) in [5.74, 6) is -0.864. The second-order valence-electron chi connectivity index (χ2n) is 6.19. The average Bonchev–Trinajstić information content (AvgIpc) is 3.01. The largest absolute Gasteiger partial charge is 0.459 e. The van der Waals surface area contributed by atoms with E-state index in [1.807, 2.05) is 0 Å². The number of aromatic nitrogens is 1. The Kier molecular flexibility index (Phi) is 6.69. The minimum atomic E-state index is -0.469. The van der Waals surface area contributed by atoms with Gasteiger partial charge in [-0.15, -0.1) is 0 Å². The molecule has 0 aliphatic carbocycles. The summed E-state index contributed by atoms with van der Waals surface area (Å²) in [6, 6.07) is 9.64. The van der Waals surface area contributed by atoms with Crippen LogP contribution in [0.25, 0.3) is 10.2 Å². The Hall–Kier alpha value is -2.26. The van der Waals surface area contributed by atoms with Crippen LogP contribution in [0.1, 0.15) is 34.6 Å². The van der Waals surface area contributed by atoms with Crippen LogP contribution in [0.2, 0.25) is 10.0 Å². The van der Waals surface area contributed by atoms with Crippen LogP contribution in [0.3, 0.4) is 0 Å². The Morgan fingerprint density at radius 3 is 2.62 bits per heavy atom. The van der Waals surface area contributed by atoms with Crippen molar-refractivity contribution >= 4 is 79.1 Å². The van der Waals surface area contributed by atoms with Crippen LogP contribution in [-0.4, -0.2) is 28.1 Å². The Morgan fingerprint density at radius 1 is 1.17 bits per heavy atom. The third-order valence-corrected chi connectivity index (χ3v) is 5.28. The molecule has 0 unspecified atom stereocenters. The molecule has 6 nitrogen and oxygen atoms in total. The summed E-state index contributed by atoms with van der Waals surface area (Å²) in [5.41, 5.74) is 1.38. The van der Waals surface area contributed by atoms with Crippen molar-refractivity contribution in [2.75, 3.05) is 5.32 Å². The molecule has 0 aliphatic rings. The Labute approximate surface area is 186 Å². The molecule has 10 heteroatoms. The number of hydrogen-bond acceptors (Lipinski definition) is 6. The molecule has 1 aromatic heterocycles. The van der Waals surface area contributed by atoms with Gasteiger partial charge in [0.25, 0.3) is 5.91 Å². The van der Waals surface area contributed by atoms with Crippen molar-refractivity contribution in [2.45, 2.75) is 20.0 Å². The third kappa shape index (κ3) is 5.42. The molecule has 2 N–H and O–H groups in total. The zero-order chi connectivity index (χ0) is 21.1. The van der Waals surface area contributed by atoms with Gasteiger partial charge in [-0.3, -0.25) is 10.1 Å². The van der Waals surface area contributed by atoms with Gasteiger partial charge in [0.2, 0.25) is 0 Å². The van der Waals surface area contributed by atoms with E-state index in [1.54, 1.807) is 38.1 Å². The fraction of sp³-hybridized carbons (Fsp3) is 0.158. The van der Waals surface area contributed by atoms with E-state index in [0.717, 1.165) is 4.70 Å². The van der Waals surface area contributed by atoms with Crippen LogP contribution in [0, 0.1) is 0 Å². The van der Waals surface area contributed by atoms with Crippen LogP contribution in [0.15, 0.2) is 36.4 Å². The molecule has 0 bridgehead atoms. The summed E-state index contributed by atoms with van der Waals surface area (Å²) in [6.45, 7) is 3.58. The molecular formula is C19H15Cl2N3O3S2. The molecule has 0 radical (unpaired) electrons. The number of fused-ring (bicyclic) bond motifs is 1. The van der Waals surface area contributed by atoms with E-state index in [2.05, 4.69) is 15.6 Å². The van der Waals surface area contributed by atoms with Crippen molar-refractivity contribution in [2.24, 2.45) is 0 Å². The van der Waals surface area contributed by atoms with E-state index in [9.17, 15) is 9.59 Å². The van der Waals surface area contributed by atoms with Gasteiger partial charge < -0.3 is 10.1 Å². The summed E-state index contributed by atoms with van der Waals surface area (Å²) >= 11 is 18.3. The molecular weight excluding hydrogens is 453 g/mol. The molecule has 0 aliphatic heterocycles. The van der Waals surface area contributed by atoms with E-state index < -0.39 is 11.9 Å². The number of halogens is 2. The van der Waals surface area contributed by atoms with E-state index in [1.165, 1.54) is 23.5 Å². The molecule has 150 valence electrons. The lowest BCUT2D eigenvalue weighted by Gasteiger charge is -2.08. The topological polar surface area (TPSA) is 80.3 Å². The van der Waals surface area contributed by atoms with Gasteiger partial charge in [0.1, 0.15) is 0 Å². The molecule has 1 amide bonds. The van der Waals surface area contributed by atoms with E-state index in [4.69, 9.17) is 40.2 Å². The fourth-order valence-corrected chi connectivity index (χ4v) is 4.02. The molecule has 0 fully saturated rings. The number of benzene rings is 2. The van der Waals surface area contributed by atoms with Crippen molar-refractivity contribution in [3.05, 3.63) is 57.6 Å². The zero-order valence-corrected chi connectivity index (χ0v) is 18.4. The molecule has 0 spiro atoms. The SMILES string of the molecule is CC(C)OC(=O)c1ccc2nc(NC(=S)NC(=O)c3ccc(Cl)cc3Cl)sc2c1. The number of nitrogens with zero attached hydrogens (tertiary/aromatic N) is 1. The maximum Gasteiger partial charge on any atom is 0.338 e. The van der Waals surface area contributed by atoms with Gasteiger partial charge >= 0.3 is 5.97 Å². The van der Waals surface area contributed by atoms with Gasteiger partial charge in [-0.25, -0.2) is 9.78 Å². The maximum atomic E-state index is 12.3. The van der Waals surface area contributed by atoms with Crippen molar-refractivity contribution in [1.82, 2.24) is 10.3 Å². The van der Waals surface area contributed by atoms with Crippen LogP contribution < -0.4 is 10.6 Å². The van der Waals surface area contributed by atoms with E-state index in [0.29, 0.717) is 21.2 Å². The highest BCUT2D eigenvalue weighted by molar-refractivity contribution is 7.80. The van der Waals surface area contributed by atoms with E-state index >= 15 is 0 Å². The number of anilines is 1. The third-order valence-electron chi connectivity index (χ3n) is 3.59. The van der Waals surface area contributed by atoms with Gasteiger partial charge in [-0.05, 0) is 62.5 Å². The lowest BCUT2D eigenvalue weighted by molar-refractivity contribution is 0.0378. The molecule has 3 aromatic rings. The Bertz CT molecular complexity index is 1120. The summed E-state index contributed by atoms with van der Waals surface area (Å²) in [4.78, 5) is 28.8. The smallest absolute Gasteiger partial charge is 0.338 e. The van der Waals surface area contributed by atoms with Gasteiger partial charge in [0.15, 0.2) is 10.2 Å². The highest BCUT2D eigenvalue weighted by atomic mass is 35.5. The first-order valence-electron chi connectivity index (χ1n) is 8.42. The molecule has 3 rings (SSSR count).